The van der Waals surface area contributed by atoms with Crippen LogP contribution in [0.25, 0.3) is 5.70 Å². The van der Waals surface area contributed by atoms with Crippen LogP contribution in [0.5, 0.6) is 11.6 Å². The number of ether oxygens (including phenoxy) is 1. The molecule has 290 valence electrons. The SMILES string of the molecule is CC12CNC(N)=C(/C=C(\N)c3cccc(F)c3O)N1CC(Oc1cc(C#N)c(CN3CCN(c4ccc5c(c4)C(=O)N(C4CCC(=O)NC4=O)C5)CC3)cn1)C2. The first kappa shape index (κ1) is 36.6. The molecule has 3 atom stereocenters. The van der Waals surface area contributed by atoms with Gasteiger partial charge in [-0.3, -0.25) is 24.6 Å². The second-order valence-electron chi connectivity index (χ2n) is 15.2. The van der Waals surface area contributed by atoms with Crippen LogP contribution in [0.4, 0.5) is 10.1 Å². The van der Waals surface area contributed by atoms with Crippen LogP contribution in [0.15, 0.2) is 66.3 Å². The summed E-state index contributed by atoms with van der Waals surface area (Å²) >= 11 is 0. The summed E-state index contributed by atoms with van der Waals surface area (Å²) in [6.07, 6.45) is 4.21. The van der Waals surface area contributed by atoms with E-state index < -0.39 is 29.1 Å². The maximum Gasteiger partial charge on any atom is 0.255 e. The number of piperidine rings is 1. The van der Waals surface area contributed by atoms with Crippen LogP contribution in [0.3, 0.4) is 0 Å². The van der Waals surface area contributed by atoms with Crippen molar-refractivity contribution in [2.24, 2.45) is 11.5 Å². The molecule has 0 spiro atoms. The molecule has 0 saturated carbocycles. The number of para-hydroxylation sites is 1. The summed E-state index contributed by atoms with van der Waals surface area (Å²) in [4.78, 5) is 50.2. The normalized spacial score (nSPS) is 24.1. The van der Waals surface area contributed by atoms with E-state index >= 15 is 0 Å². The monoisotopic (exact) mass is 762 g/mol. The first-order chi connectivity index (χ1) is 26.9. The van der Waals surface area contributed by atoms with Crippen LogP contribution in [-0.2, 0) is 22.7 Å². The van der Waals surface area contributed by atoms with Gasteiger partial charge in [-0.25, -0.2) is 9.37 Å². The van der Waals surface area contributed by atoms with Crippen molar-refractivity contribution in [3.05, 3.63) is 99.9 Å². The molecule has 16 heteroatoms. The Morgan fingerprint density at radius 2 is 1.98 bits per heavy atom. The van der Waals surface area contributed by atoms with Gasteiger partial charge in [0.25, 0.3) is 5.91 Å². The highest BCUT2D eigenvalue weighted by Gasteiger charge is 2.47. The van der Waals surface area contributed by atoms with Crippen LogP contribution in [-0.4, -0.2) is 99.5 Å². The van der Waals surface area contributed by atoms with Crippen LogP contribution in [0.1, 0.15) is 58.8 Å². The number of hydrogen-bond acceptors (Lipinski definition) is 13. The van der Waals surface area contributed by atoms with Crippen molar-refractivity contribution in [3.63, 3.8) is 0 Å². The van der Waals surface area contributed by atoms with Gasteiger partial charge >= 0.3 is 0 Å². The molecule has 1 aromatic heterocycles. The molecule has 15 nitrogen and oxygen atoms in total. The van der Waals surface area contributed by atoms with E-state index in [0.717, 1.165) is 49.1 Å². The van der Waals surface area contributed by atoms with Gasteiger partial charge < -0.3 is 41.3 Å². The lowest BCUT2D eigenvalue weighted by molar-refractivity contribution is -0.136. The lowest BCUT2D eigenvalue weighted by atomic mass is 9.95. The number of phenols is 1. The highest BCUT2D eigenvalue weighted by molar-refractivity contribution is 6.05. The first-order valence-electron chi connectivity index (χ1n) is 18.7. The van der Waals surface area contributed by atoms with Gasteiger partial charge in [-0.15, -0.1) is 0 Å². The number of fused-ring (bicyclic) bond motifs is 2. The first-order valence-corrected chi connectivity index (χ1v) is 18.7. The molecule has 5 aliphatic rings. The van der Waals surface area contributed by atoms with Gasteiger partial charge in [-0.2, -0.15) is 5.26 Å². The molecule has 56 heavy (non-hydrogen) atoms. The predicted molar refractivity (Wildman–Crippen MR) is 203 cm³/mol. The van der Waals surface area contributed by atoms with Gasteiger partial charge in [0.2, 0.25) is 17.7 Å². The Kier molecular flexibility index (Phi) is 9.41. The third kappa shape index (κ3) is 6.79. The van der Waals surface area contributed by atoms with E-state index in [9.17, 15) is 29.1 Å². The third-order valence-electron chi connectivity index (χ3n) is 11.5. The van der Waals surface area contributed by atoms with Gasteiger partial charge in [0.15, 0.2) is 11.6 Å². The van der Waals surface area contributed by atoms with Crippen molar-refractivity contribution < 1.29 is 28.6 Å². The summed E-state index contributed by atoms with van der Waals surface area (Å²) in [5, 5.41) is 25.9. The van der Waals surface area contributed by atoms with Crippen molar-refractivity contribution in [2.75, 3.05) is 44.2 Å². The van der Waals surface area contributed by atoms with E-state index in [1.165, 1.54) is 12.1 Å². The molecular weight excluding hydrogens is 720 g/mol. The molecule has 0 bridgehead atoms. The summed E-state index contributed by atoms with van der Waals surface area (Å²) in [7, 11) is 0. The molecule has 3 aromatic rings. The number of aromatic hydroxyl groups is 1. The number of nitrogens with zero attached hydrogens (tertiary/aromatic N) is 6. The zero-order chi connectivity index (χ0) is 39.3. The number of imide groups is 1. The summed E-state index contributed by atoms with van der Waals surface area (Å²) < 4.78 is 20.4. The Hall–Kier alpha value is -6.34. The molecule has 3 saturated heterocycles. The zero-order valence-electron chi connectivity index (χ0n) is 30.9. The number of nitrogens with two attached hydrogens (primary N) is 2. The maximum absolute atomic E-state index is 14.0. The molecule has 2 aromatic carbocycles. The minimum absolute atomic E-state index is 0.160. The molecule has 7 N–H and O–H groups in total. The number of carbonyl (C=O) groups excluding carboxylic acids is 3. The lowest BCUT2D eigenvalue weighted by Gasteiger charge is -2.42. The van der Waals surface area contributed by atoms with E-state index in [2.05, 4.69) is 43.3 Å². The summed E-state index contributed by atoms with van der Waals surface area (Å²) in [5.74, 6) is -1.48. The van der Waals surface area contributed by atoms with E-state index in [4.69, 9.17) is 16.2 Å². The molecule has 3 fully saturated rings. The molecule has 3 amide bonds. The number of hydrogen-bond donors (Lipinski definition) is 5. The second kappa shape index (κ2) is 14.4. The summed E-state index contributed by atoms with van der Waals surface area (Å²) in [6.45, 7) is 6.88. The molecular formula is C40H43FN10O5. The number of nitriles is 1. The van der Waals surface area contributed by atoms with Crippen LogP contribution in [0.2, 0.25) is 0 Å². The molecule has 5 aliphatic heterocycles. The number of pyridine rings is 1. The van der Waals surface area contributed by atoms with E-state index in [1.54, 1.807) is 23.2 Å². The average Bonchev–Trinajstić information content (AvgIpc) is 3.70. The number of benzene rings is 2. The number of anilines is 1. The summed E-state index contributed by atoms with van der Waals surface area (Å²) in [6, 6.07) is 13.4. The number of phenolic OH excluding ortho intramolecular Hbond substituents is 1. The fraction of sp³-hybridized carbons (Fsp3) is 0.375. The Bertz CT molecular complexity index is 2230. The molecule has 0 aliphatic carbocycles. The van der Waals surface area contributed by atoms with E-state index in [0.29, 0.717) is 67.5 Å². The van der Waals surface area contributed by atoms with Crippen molar-refractivity contribution in [1.29, 1.82) is 5.26 Å². The van der Waals surface area contributed by atoms with Crippen molar-refractivity contribution in [2.45, 2.75) is 57.0 Å². The number of piperazine rings is 1. The maximum atomic E-state index is 14.0. The number of halogens is 1. The number of amides is 3. The Balaban J connectivity index is 0.882. The predicted octanol–water partition coefficient (Wildman–Crippen LogP) is 1.82. The zero-order valence-corrected chi connectivity index (χ0v) is 30.9. The van der Waals surface area contributed by atoms with Crippen LogP contribution >= 0.6 is 0 Å². The Morgan fingerprint density at radius 1 is 1.18 bits per heavy atom. The highest BCUT2D eigenvalue weighted by Crippen LogP contribution is 2.39. The minimum atomic E-state index is -0.769. The topological polar surface area (TPSA) is 206 Å². The van der Waals surface area contributed by atoms with Gasteiger partial charge in [0.05, 0.1) is 29.4 Å². The average molecular weight is 763 g/mol. The van der Waals surface area contributed by atoms with Gasteiger partial charge in [-0.1, -0.05) is 12.1 Å². The fourth-order valence-electron chi connectivity index (χ4n) is 8.45. The van der Waals surface area contributed by atoms with Gasteiger partial charge in [-0.05, 0) is 49.2 Å². The van der Waals surface area contributed by atoms with Gasteiger partial charge in [0.1, 0.15) is 18.0 Å². The second-order valence-corrected chi connectivity index (χ2v) is 15.2. The quantitative estimate of drug-likeness (QED) is 0.208. The number of nitrogens with one attached hydrogen (secondary N) is 2. The van der Waals surface area contributed by atoms with E-state index in [-0.39, 0.29) is 35.6 Å². The van der Waals surface area contributed by atoms with Crippen molar-refractivity contribution in [3.8, 4) is 17.7 Å². The van der Waals surface area contributed by atoms with Crippen molar-refractivity contribution in [1.82, 2.24) is 30.3 Å². The number of allylic oxidation sites excluding steroid dienone is 1. The molecule has 8 rings (SSSR count). The van der Waals surface area contributed by atoms with E-state index in [1.807, 2.05) is 18.2 Å². The Morgan fingerprint density at radius 3 is 2.75 bits per heavy atom. The lowest BCUT2D eigenvalue weighted by Crippen LogP contribution is -2.53. The molecule has 6 heterocycles. The third-order valence-corrected chi connectivity index (χ3v) is 11.5. The molecule has 3 unspecified atom stereocenters. The molecule has 0 radical (unpaired) electrons. The largest absolute Gasteiger partial charge is 0.504 e. The van der Waals surface area contributed by atoms with Crippen molar-refractivity contribution >= 4 is 29.1 Å². The number of carbonyl (C=O) groups is 3. The smallest absolute Gasteiger partial charge is 0.255 e. The fourth-order valence-corrected chi connectivity index (χ4v) is 8.45. The number of aromatic nitrogens is 1. The Labute approximate surface area is 323 Å². The standard InChI is InChI=1S/C40H43FN10O5/c1-40-16-27(21-51(40)33(37(44)46-22-40)15-31(43)28-3-2-4-30(41)36(28)53)56-35-13-24(17-42)25(18-45-35)19-48-9-11-49(12-10-48)26-6-5-23-20-50(39(55)29(23)14-26)32-7-8-34(52)47-38(32)54/h2-6,13-15,18,27,32,46,53H,7-12,16,19-22,43-44H2,1H3,(H,47,52,54)/b31-15-. The van der Waals surface area contributed by atoms with Crippen LogP contribution < -0.4 is 31.7 Å². The number of rotatable bonds is 8. The van der Waals surface area contributed by atoms with Crippen LogP contribution in [0, 0.1) is 17.1 Å². The highest BCUT2D eigenvalue weighted by atomic mass is 19.1. The summed E-state index contributed by atoms with van der Waals surface area (Å²) in [5.41, 5.74) is 16.9. The minimum Gasteiger partial charge on any atom is -0.504 e. The van der Waals surface area contributed by atoms with Gasteiger partial charge in [0, 0.05) is 99.0 Å².